The summed E-state index contributed by atoms with van der Waals surface area (Å²) in [5.74, 6) is -0.303. The molecule has 1 heterocycles. The summed E-state index contributed by atoms with van der Waals surface area (Å²) >= 11 is 0.970. The first kappa shape index (κ1) is 13.2. The Bertz CT molecular complexity index is 570. The molecule has 6 nitrogen and oxygen atoms in total. The normalized spacial score (nSPS) is 10.0. The zero-order chi connectivity index (χ0) is 13.8. The van der Waals surface area contributed by atoms with Crippen LogP contribution in [-0.2, 0) is 0 Å². The Morgan fingerprint density at radius 3 is 2.63 bits per heavy atom. The zero-order valence-corrected chi connectivity index (χ0v) is 10.8. The molecule has 2 aromatic rings. The molecule has 0 aliphatic carbocycles. The van der Waals surface area contributed by atoms with Crippen molar-refractivity contribution in [2.45, 2.75) is 0 Å². The number of nitrogens with one attached hydrogen (secondary N) is 1. The number of nitrogens with zero attached hydrogens (tertiary/aromatic N) is 1. The van der Waals surface area contributed by atoms with E-state index in [0.29, 0.717) is 5.69 Å². The lowest BCUT2D eigenvalue weighted by Gasteiger charge is -2.17. The van der Waals surface area contributed by atoms with Gasteiger partial charge in [0, 0.05) is 18.1 Å². The van der Waals surface area contributed by atoms with Crippen LogP contribution in [-0.4, -0.2) is 23.4 Å². The van der Waals surface area contributed by atoms with Gasteiger partial charge in [-0.25, -0.2) is 10.1 Å². The Hall–Kier alpha value is -2.25. The second-order valence-corrected chi connectivity index (χ2v) is 4.54. The Balaban J connectivity index is 2.11. The number of aromatic hydroxyl groups is 1. The van der Waals surface area contributed by atoms with E-state index in [1.54, 1.807) is 19.2 Å². The maximum absolute atomic E-state index is 12.0. The van der Waals surface area contributed by atoms with Crippen LogP contribution in [0.4, 0.5) is 16.2 Å². The van der Waals surface area contributed by atoms with Crippen molar-refractivity contribution in [2.75, 3.05) is 17.3 Å². The number of anilines is 2. The number of hydrogen-bond acceptors (Lipinski definition) is 5. The molecular formula is C12H12N2O4S. The Morgan fingerprint density at radius 1 is 1.37 bits per heavy atom. The fraction of sp³-hybridized carbons (Fsp3) is 0.0833. The van der Waals surface area contributed by atoms with Crippen LogP contribution in [0.25, 0.3) is 0 Å². The summed E-state index contributed by atoms with van der Waals surface area (Å²) in [6.07, 6.45) is 0. The Morgan fingerprint density at radius 2 is 2.05 bits per heavy atom. The van der Waals surface area contributed by atoms with E-state index in [2.05, 4.69) is 10.2 Å². The molecule has 0 radical (unpaired) electrons. The number of carbonyl (C=O) groups excluding carboxylic acids is 1. The molecule has 0 saturated heterocycles. The number of rotatable bonds is 3. The van der Waals surface area contributed by atoms with E-state index in [4.69, 9.17) is 5.26 Å². The lowest BCUT2D eigenvalue weighted by Crippen LogP contribution is -2.30. The SMILES string of the molecule is CN(C(=O)Nc1csc(OO)c1O)c1ccccc1. The molecule has 1 aromatic heterocycles. The van der Waals surface area contributed by atoms with Gasteiger partial charge in [0.25, 0.3) is 5.06 Å². The van der Waals surface area contributed by atoms with E-state index < -0.39 is 6.03 Å². The summed E-state index contributed by atoms with van der Waals surface area (Å²) in [7, 11) is 1.61. The van der Waals surface area contributed by atoms with Gasteiger partial charge in [0.1, 0.15) is 0 Å². The van der Waals surface area contributed by atoms with Gasteiger partial charge in [0.15, 0.2) is 5.75 Å². The van der Waals surface area contributed by atoms with E-state index in [9.17, 15) is 9.90 Å². The summed E-state index contributed by atoms with van der Waals surface area (Å²) < 4.78 is 0. The summed E-state index contributed by atoms with van der Waals surface area (Å²) in [6, 6.07) is 8.65. The van der Waals surface area contributed by atoms with Crippen molar-refractivity contribution in [3.8, 4) is 10.8 Å². The molecule has 0 fully saturated rings. The standard InChI is InChI=1S/C12H12N2O4S/c1-14(8-5-3-2-4-6-8)12(16)13-9-7-19-11(18-17)10(9)15/h2-7,15,17H,1H3,(H,13,16). The van der Waals surface area contributed by atoms with Gasteiger partial charge in [-0.2, -0.15) is 0 Å². The first-order valence-corrected chi connectivity index (χ1v) is 6.23. The highest BCUT2D eigenvalue weighted by Crippen LogP contribution is 2.40. The fourth-order valence-electron chi connectivity index (χ4n) is 1.46. The molecular weight excluding hydrogens is 268 g/mol. The van der Waals surface area contributed by atoms with Crippen molar-refractivity contribution in [1.29, 1.82) is 0 Å². The zero-order valence-electron chi connectivity index (χ0n) is 10.0. The Kier molecular flexibility index (Phi) is 3.88. The van der Waals surface area contributed by atoms with Crippen molar-refractivity contribution in [3.63, 3.8) is 0 Å². The third kappa shape index (κ3) is 2.78. The second kappa shape index (κ2) is 5.59. The van der Waals surface area contributed by atoms with Crippen molar-refractivity contribution >= 4 is 28.7 Å². The predicted molar refractivity (Wildman–Crippen MR) is 73.1 cm³/mol. The Labute approximate surface area is 113 Å². The number of thiophene rings is 1. The van der Waals surface area contributed by atoms with Crippen molar-refractivity contribution in [3.05, 3.63) is 35.7 Å². The van der Waals surface area contributed by atoms with E-state index in [-0.39, 0.29) is 16.5 Å². The third-order valence-electron chi connectivity index (χ3n) is 2.50. The minimum atomic E-state index is -0.413. The molecule has 0 aliphatic heterocycles. The van der Waals surface area contributed by atoms with Gasteiger partial charge in [-0.05, 0) is 12.1 Å². The molecule has 0 saturated carbocycles. The minimum Gasteiger partial charge on any atom is -0.502 e. The fourth-order valence-corrected chi connectivity index (χ4v) is 2.12. The van der Waals surface area contributed by atoms with Gasteiger partial charge in [0.05, 0.1) is 5.69 Å². The highest BCUT2D eigenvalue weighted by atomic mass is 32.1. The smallest absolute Gasteiger partial charge is 0.326 e. The molecule has 0 unspecified atom stereocenters. The first-order chi connectivity index (χ1) is 9.13. The summed E-state index contributed by atoms with van der Waals surface area (Å²) in [6.45, 7) is 0. The topological polar surface area (TPSA) is 82.0 Å². The van der Waals surface area contributed by atoms with Gasteiger partial charge < -0.3 is 15.3 Å². The minimum absolute atomic E-state index is 0.0716. The van der Waals surface area contributed by atoms with Crippen LogP contribution >= 0.6 is 11.3 Å². The monoisotopic (exact) mass is 280 g/mol. The van der Waals surface area contributed by atoms with Crippen LogP contribution in [0.5, 0.6) is 10.8 Å². The number of para-hydroxylation sites is 1. The molecule has 2 rings (SSSR count). The van der Waals surface area contributed by atoms with Gasteiger partial charge in [-0.1, -0.05) is 29.5 Å². The van der Waals surface area contributed by atoms with Gasteiger partial charge in [-0.15, -0.1) is 0 Å². The van der Waals surface area contributed by atoms with Crippen LogP contribution in [0, 0.1) is 0 Å². The molecule has 0 atom stereocenters. The maximum atomic E-state index is 12.0. The number of urea groups is 1. The largest absolute Gasteiger partial charge is 0.502 e. The number of benzene rings is 1. The highest BCUT2D eigenvalue weighted by molar-refractivity contribution is 7.12. The highest BCUT2D eigenvalue weighted by Gasteiger charge is 2.17. The molecule has 2 amide bonds. The average molecular weight is 280 g/mol. The number of carbonyl (C=O) groups is 1. The van der Waals surface area contributed by atoms with Crippen LogP contribution in [0.15, 0.2) is 35.7 Å². The molecule has 0 aliphatic rings. The summed E-state index contributed by atoms with van der Waals surface area (Å²) in [5.41, 5.74) is 0.898. The van der Waals surface area contributed by atoms with Crippen LogP contribution in [0.1, 0.15) is 0 Å². The quantitative estimate of drug-likeness (QED) is 0.596. The van der Waals surface area contributed by atoms with Crippen molar-refractivity contribution < 1.29 is 20.0 Å². The average Bonchev–Trinajstić information content (AvgIpc) is 2.79. The lowest BCUT2D eigenvalue weighted by molar-refractivity contribution is -0.135. The molecule has 19 heavy (non-hydrogen) atoms. The molecule has 0 bridgehead atoms. The molecule has 7 heteroatoms. The number of amides is 2. The first-order valence-electron chi connectivity index (χ1n) is 5.35. The maximum Gasteiger partial charge on any atom is 0.326 e. The van der Waals surface area contributed by atoms with E-state index in [1.807, 2.05) is 18.2 Å². The predicted octanol–water partition coefficient (Wildman–Crippen LogP) is 2.97. The summed E-state index contributed by atoms with van der Waals surface area (Å²) in [5, 5.41) is 22.0. The van der Waals surface area contributed by atoms with Crippen molar-refractivity contribution in [2.24, 2.45) is 0 Å². The van der Waals surface area contributed by atoms with E-state index >= 15 is 0 Å². The third-order valence-corrected chi connectivity index (χ3v) is 3.34. The molecule has 3 N–H and O–H groups in total. The summed E-state index contributed by atoms with van der Waals surface area (Å²) in [4.78, 5) is 17.3. The van der Waals surface area contributed by atoms with Crippen LogP contribution in [0.3, 0.4) is 0 Å². The van der Waals surface area contributed by atoms with E-state index in [0.717, 1.165) is 11.3 Å². The van der Waals surface area contributed by atoms with Gasteiger partial charge >= 0.3 is 6.03 Å². The number of hydrogen-bond donors (Lipinski definition) is 3. The second-order valence-electron chi connectivity index (χ2n) is 3.70. The molecule has 1 aromatic carbocycles. The molecule has 100 valence electrons. The lowest BCUT2D eigenvalue weighted by atomic mass is 10.3. The van der Waals surface area contributed by atoms with Crippen LogP contribution < -0.4 is 15.1 Å². The molecule has 0 spiro atoms. The van der Waals surface area contributed by atoms with Gasteiger partial charge in [0.2, 0.25) is 0 Å². The van der Waals surface area contributed by atoms with Crippen molar-refractivity contribution in [1.82, 2.24) is 0 Å². The van der Waals surface area contributed by atoms with E-state index in [1.165, 1.54) is 10.3 Å². The van der Waals surface area contributed by atoms with Crippen LogP contribution in [0.2, 0.25) is 0 Å². The van der Waals surface area contributed by atoms with Gasteiger partial charge in [-0.3, -0.25) is 4.90 Å².